The minimum absolute atomic E-state index is 0.146. The summed E-state index contributed by atoms with van der Waals surface area (Å²) in [5.41, 5.74) is -0.687. The number of hydrogen-bond donors (Lipinski definition) is 1. The van der Waals surface area contributed by atoms with Crippen molar-refractivity contribution in [1.82, 2.24) is 9.55 Å². The molecular weight excluding hydrogens is 198 g/mol. The highest BCUT2D eigenvalue weighted by molar-refractivity contribution is 5.87. The molecule has 0 bridgehead atoms. The van der Waals surface area contributed by atoms with Gasteiger partial charge in [-0.2, -0.15) is 4.98 Å². The molecule has 0 aromatic carbocycles. The third kappa shape index (κ3) is 2.73. The Kier molecular flexibility index (Phi) is 3.33. The van der Waals surface area contributed by atoms with Crippen LogP contribution in [0.3, 0.4) is 0 Å². The van der Waals surface area contributed by atoms with E-state index in [4.69, 9.17) is 0 Å². The van der Waals surface area contributed by atoms with Gasteiger partial charge in [-0.05, 0) is 6.07 Å². The number of nitrogens with zero attached hydrogens (tertiary/aromatic N) is 2. The molecule has 0 radical (unpaired) electrons. The van der Waals surface area contributed by atoms with Gasteiger partial charge in [-0.3, -0.25) is 9.59 Å². The van der Waals surface area contributed by atoms with Gasteiger partial charge >= 0.3 is 5.69 Å². The average Bonchev–Trinajstić information content (AvgIpc) is 2.16. The molecule has 6 heteroatoms. The fourth-order valence-electron chi connectivity index (χ4n) is 1.01. The molecule has 1 N–H and O–H groups in total. The Balaban J connectivity index is 3.03. The molecule has 0 saturated heterocycles. The maximum atomic E-state index is 11.3. The van der Waals surface area contributed by atoms with Crippen LogP contribution in [0.15, 0.2) is 17.1 Å². The number of anilines is 1. The van der Waals surface area contributed by atoms with Gasteiger partial charge in [-0.15, -0.1) is 0 Å². The van der Waals surface area contributed by atoms with Crippen molar-refractivity contribution in [2.45, 2.75) is 20.3 Å². The van der Waals surface area contributed by atoms with Crippen LogP contribution in [0.4, 0.5) is 5.82 Å². The zero-order chi connectivity index (χ0) is 11.4. The lowest BCUT2D eigenvalue weighted by atomic mass is 10.4. The Morgan fingerprint density at radius 2 is 2.20 bits per heavy atom. The van der Waals surface area contributed by atoms with E-state index in [1.54, 1.807) is 6.92 Å². The lowest BCUT2D eigenvalue weighted by Gasteiger charge is -2.03. The third-order valence-corrected chi connectivity index (χ3v) is 1.68. The molecule has 0 saturated carbocycles. The molecule has 1 amide bonds. The van der Waals surface area contributed by atoms with E-state index in [-0.39, 0.29) is 24.1 Å². The standard InChI is InChI=1S/C9H11N3O3/c1-3-8(14)12-5-4-7(10-6(2)13)11-9(12)15/h4-5H,3H2,1-2H3,(H,10,11,13,15). The van der Waals surface area contributed by atoms with Gasteiger partial charge in [0.1, 0.15) is 5.82 Å². The van der Waals surface area contributed by atoms with Gasteiger partial charge in [0.15, 0.2) is 0 Å². The lowest BCUT2D eigenvalue weighted by Crippen LogP contribution is -2.28. The second-order valence-corrected chi connectivity index (χ2v) is 2.89. The van der Waals surface area contributed by atoms with Crippen molar-refractivity contribution >= 4 is 17.6 Å². The van der Waals surface area contributed by atoms with Crippen molar-refractivity contribution in [3.63, 3.8) is 0 Å². The van der Waals surface area contributed by atoms with Crippen LogP contribution in [0.2, 0.25) is 0 Å². The molecule has 0 aliphatic heterocycles. The topological polar surface area (TPSA) is 81.1 Å². The summed E-state index contributed by atoms with van der Waals surface area (Å²) in [5, 5.41) is 2.36. The number of aromatic nitrogens is 2. The van der Waals surface area contributed by atoms with Crippen molar-refractivity contribution in [3.05, 3.63) is 22.7 Å². The summed E-state index contributed by atoms with van der Waals surface area (Å²) in [6, 6.07) is 1.40. The van der Waals surface area contributed by atoms with Crippen LogP contribution in [-0.4, -0.2) is 21.4 Å². The second-order valence-electron chi connectivity index (χ2n) is 2.89. The number of carbonyl (C=O) groups excluding carboxylic acids is 2. The van der Waals surface area contributed by atoms with E-state index in [1.165, 1.54) is 19.2 Å². The minimum atomic E-state index is -0.687. The molecule has 1 heterocycles. The summed E-state index contributed by atoms with van der Waals surface area (Å²) >= 11 is 0. The van der Waals surface area contributed by atoms with E-state index < -0.39 is 5.69 Å². The zero-order valence-electron chi connectivity index (χ0n) is 8.48. The van der Waals surface area contributed by atoms with E-state index in [9.17, 15) is 14.4 Å². The number of rotatable bonds is 2. The first-order valence-corrected chi connectivity index (χ1v) is 4.45. The first-order chi connectivity index (χ1) is 7.04. The third-order valence-electron chi connectivity index (χ3n) is 1.68. The Bertz CT molecular complexity index is 450. The Hall–Kier alpha value is -1.98. The largest absolute Gasteiger partial charge is 0.356 e. The van der Waals surface area contributed by atoms with E-state index in [1.807, 2.05) is 0 Å². The minimum Gasteiger partial charge on any atom is -0.311 e. The quantitative estimate of drug-likeness (QED) is 0.757. The fraction of sp³-hybridized carbons (Fsp3) is 0.333. The smallest absolute Gasteiger partial charge is 0.311 e. The molecule has 80 valence electrons. The van der Waals surface area contributed by atoms with Crippen molar-refractivity contribution in [2.75, 3.05) is 5.32 Å². The number of hydrogen-bond acceptors (Lipinski definition) is 4. The summed E-state index contributed by atoms with van der Waals surface area (Å²) in [5.74, 6) is -0.504. The van der Waals surface area contributed by atoms with Gasteiger partial charge in [0, 0.05) is 19.5 Å². The molecule has 1 aromatic rings. The normalized spacial score (nSPS) is 9.73. The zero-order valence-corrected chi connectivity index (χ0v) is 8.48. The molecule has 1 aromatic heterocycles. The summed E-state index contributed by atoms with van der Waals surface area (Å²) in [6.07, 6.45) is 1.52. The molecule has 0 aliphatic rings. The molecule has 0 aliphatic carbocycles. The first-order valence-electron chi connectivity index (χ1n) is 4.45. The Morgan fingerprint density at radius 1 is 1.53 bits per heavy atom. The van der Waals surface area contributed by atoms with Crippen molar-refractivity contribution < 1.29 is 9.59 Å². The highest BCUT2D eigenvalue weighted by Crippen LogP contribution is 1.97. The van der Waals surface area contributed by atoms with Crippen LogP contribution in [-0.2, 0) is 4.79 Å². The number of nitrogens with one attached hydrogen (secondary N) is 1. The maximum Gasteiger partial charge on any atom is 0.356 e. The predicted octanol–water partition coefficient (Wildman–Crippen LogP) is 0.252. The molecule has 6 nitrogen and oxygen atoms in total. The number of amides is 1. The van der Waals surface area contributed by atoms with Crippen LogP contribution < -0.4 is 11.0 Å². The van der Waals surface area contributed by atoms with Crippen molar-refractivity contribution in [2.24, 2.45) is 0 Å². The van der Waals surface area contributed by atoms with Gasteiger partial charge in [0.25, 0.3) is 0 Å². The molecule has 1 rings (SSSR count). The molecular formula is C9H11N3O3. The van der Waals surface area contributed by atoms with E-state index in [0.29, 0.717) is 0 Å². The van der Waals surface area contributed by atoms with Crippen LogP contribution >= 0.6 is 0 Å². The average molecular weight is 209 g/mol. The highest BCUT2D eigenvalue weighted by atomic mass is 16.2. The van der Waals surface area contributed by atoms with E-state index in [2.05, 4.69) is 10.3 Å². The van der Waals surface area contributed by atoms with Crippen LogP contribution in [0.1, 0.15) is 25.1 Å². The predicted molar refractivity (Wildman–Crippen MR) is 53.7 cm³/mol. The van der Waals surface area contributed by atoms with Gasteiger partial charge < -0.3 is 5.32 Å². The lowest BCUT2D eigenvalue weighted by molar-refractivity contribution is -0.114. The SMILES string of the molecule is CCC(=O)n1ccc(NC(C)=O)nc1=O. The first kappa shape index (κ1) is 11.1. The van der Waals surface area contributed by atoms with Crippen molar-refractivity contribution in [3.8, 4) is 0 Å². The molecule has 0 atom stereocenters. The second kappa shape index (κ2) is 4.50. The maximum absolute atomic E-state index is 11.3. The summed E-state index contributed by atoms with van der Waals surface area (Å²) in [6.45, 7) is 2.96. The number of carbonyl (C=O) groups is 2. The van der Waals surface area contributed by atoms with Gasteiger partial charge in [-0.25, -0.2) is 9.36 Å². The monoisotopic (exact) mass is 209 g/mol. The van der Waals surface area contributed by atoms with Gasteiger partial charge in [0.2, 0.25) is 11.8 Å². The van der Waals surface area contributed by atoms with Crippen LogP contribution in [0.5, 0.6) is 0 Å². The van der Waals surface area contributed by atoms with E-state index >= 15 is 0 Å². The summed E-state index contributed by atoms with van der Waals surface area (Å²) in [7, 11) is 0. The van der Waals surface area contributed by atoms with Crippen LogP contribution in [0.25, 0.3) is 0 Å². The van der Waals surface area contributed by atoms with Crippen molar-refractivity contribution in [1.29, 1.82) is 0 Å². The highest BCUT2D eigenvalue weighted by Gasteiger charge is 2.06. The van der Waals surface area contributed by atoms with E-state index in [0.717, 1.165) is 4.57 Å². The fourth-order valence-corrected chi connectivity index (χ4v) is 1.01. The molecule has 15 heavy (non-hydrogen) atoms. The molecule has 0 spiro atoms. The molecule has 0 fully saturated rings. The van der Waals surface area contributed by atoms with Crippen LogP contribution in [0, 0.1) is 0 Å². The molecule has 0 unspecified atom stereocenters. The summed E-state index contributed by atoms with van der Waals surface area (Å²) in [4.78, 5) is 36.7. The van der Waals surface area contributed by atoms with Gasteiger partial charge in [-0.1, -0.05) is 6.92 Å². The summed E-state index contributed by atoms with van der Waals surface area (Å²) < 4.78 is 0.908. The Morgan fingerprint density at radius 3 is 2.67 bits per heavy atom. The Labute approximate surface area is 85.9 Å². The van der Waals surface area contributed by atoms with Gasteiger partial charge in [0.05, 0.1) is 0 Å².